The molecule has 0 spiro atoms. The summed E-state index contributed by atoms with van der Waals surface area (Å²) in [6, 6.07) is 8.91. The molecule has 1 aliphatic heterocycles. The molecular formula is C17H28N4. The van der Waals surface area contributed by atoms with Crippen LogP contribution in [0.15, 0.2) is 29.3 Å². The third kappa shape index (κ3) is 5.05. The van der Waals surface area contributed by atoms with E-state index in [-0.39, 0.29) is 0 Å². The second-order valence-electron chi connectivity index (χ2n) is 5.97. The third-order valence-electron chi connectivity index (χ3n) is 4.09. The zero-order chi connectivity index (χ0) is 15.1. The Bertz CT molecular complexity index is 452. The first kappa shape index (κ1) is 15.8. The van der Waals surface area contributed by atoms with Crippen LogP contribution in [0.4, 0.5) is 0 Å². The number of guanidine groups is 1. The predicted molar refractivity (Wildman–Crippen MR) is 89.4 cm³/mol. The Balaban J connectivity index is 1.84. The van der Waals surface area contributed by atoms with E-state index in [1.54, 1.807) is 7.05 Å². The van der Waals surface area contributed by atoms with E-state index in [9.17, 15) is 0 Å². The minimum Gasteiger partial charge on any atom is -0.359 e. The lowest BCUT2D eigenvalue weighted by molar-refractivity contribution is 0.176. The molecule has 2 N–H and O–H groups in total. The lowest BCUT2D eigenvalue weighted by Crippen LogP contribution is -2.34. The summed E-state index contributed by atoms with van der Waals surface area (Å²) in [6.45, 7) is 6.72. The highest BCUT2D eigenvalue weighted by molar-refractivity contribution is 5.79. The van der Waals surface area contributed by atoms with Crippen molar-refractivity contribution in [3.05, 3.63) is 35.4 Å². The number of hydrogen-bond donors (Lipinski definition) is 2. The van der Waals surface area contributed by atoms with E-state index >= 15 is 0 Å². The van der Waals surface area contributed by atoms with E-state index < -0.39 is 0 Å². The topological polar surface area (TPSA) is 39.7 Å². The molecule has 1 atom stereocenters. The number of nitrogens with zero attached hydrogens (tertiary/aromatic N) is 2. The molecular weight excluding hydrogens is 260 g/mol. The minimum atomic E-state index is 0.800. The fourth-order valence-electron chi connectivity index (χ4n) is 2.92. The van der Waals surface area contributed by atoms with Crippen molar-refractivity contribution in [1.29, 1.82) is 0 Å². The number of nitrogens with one attached hydrogen (secondary N) is 2. The van der Waals surface area contributed by atoms with Crippen LogP contribution in [0.2, 0.25) is 0 Å². The van der Waals surface area contributed by atoms with Crippen LogP contribution in [0.3, 0.4) is 0 Å². The van der Waals surface area contributed by atoms with Crippen molar-refractivity contribution in [2.45, 2.75) is 32.9 Å². The lowest BCUT2D eigenvalue weighted by atomic mass is 9.99. The first-order valence-corrected chi connectivity index (χ1v) is 7.90. The Hall–Kier alpha value is -1.55. The van der Waals surface area contributed by atoms with E-state index in [0.717, 1.165) is 25.0 Å². The van der Waals surface area contributed by atoms with Crippen LogP contribution in [-0.2, 0) is 13.1 Å². The van der Waals surface area contributed by atoms with Gasteiger partial charge in [0.05, 0.1) is 0 Å². The molecule has 2 rings (SSSR count). The van der Waals surface area contributed by atoms with Crippen LogP contribution in [0.1, 0.15) is 30.9 Å². The molecule has 4 heteroatoms. The van der Waals surface area contributed by atoms with Crippen LogP contribution < -0.4 is 10.6 Å². The highest BCUT2D eigenvalue weighted by Crippen LogP contribution is 2.18. The number of benzene rings is 1. The van der Waals surface area contributed by atoms with Gasteiger partial charge in [-0.2, -0.15) is 0 Å². The van der Waals surface area contributed by atoms with Crippen molar-refractivity contribution in [2.75, 3.05) is 27.2 Å². The maximum Gasteiger partial charge on any atom is 0.190 e. The van der Waals surface area contributed by atoms with Gasteiger partial charge in [0.15, 0.2) is 5.96 Å². The molecule has 0 saturated carbocycles. The van der Waals surface area contributed by atoms with Crippen LogP contribution >= 0.6 is 0 Å². The van der Waals surface area contributed by atoms with Gasteiger partial charge in [-0.15, -0.1) is 0 Å². The van der Waals surface area contributed by atoms with Gasteiger partial charge in [-0.1, -0.05) is 31.2 Å². The Morgan fingerprint density at radius 1 is 1.29 bits per heavy atom. The van der Waals surface area contributed by atoms with E-state index in [1.807, 2.05) is 7.05 Å². The van der Waals surface area contributed by atoms with Crippen LogP contribution in [0.5, 0.6) is 0 Å². The first-order valence-electron chi connectivity index (χ1n) is 7.90. The number of hydrogen-bond acceptors (Lipinski definition) is 2. The molecule has 1 aliphatic rings. The summed E-state index contributed by atoms with van der Waals surface area (Å²) >= 11 is 0. The molecule has 116 valence electrons. The van der Waals surface area contributed by atoms with E-state index in [2.05, 4.69) is 51.7 Å². The van der Waals surface area contributed by atoms with Gasteiger partial charge in [0.1, 0.15) is 0 Å². The molecule has 21 heavy (non-hydrogen) atoms. The molecule has 1 aromatic carbocycles. The molecule has 0 aliphatic carbocycles. The predicted octanol–water partition coefficient (Wildman–Crippen LogP) is 2.21. The number of likely N-dealkylation sites (tertiary alicyclic amines) is 1. The van der Waals surface area contributed by atoms with Gasteiger partial charge in [-0.25, -0.2) is 0 Å². The largest absolute Gasteiger partial charge is 0.359 e. The molecule has 1 saturated heterocycles. The Morgan fingerprint density at radius 3 is 2.62 bits per heavy atom. The summed E-state index contributed by atoms with van der Waals surface area (Å²) < 4.78 is 0. The maximum atomic E-state index is 4.11. The van der Waals surface area contributed by atoms with Crippen molar-refractivity contribution < 1.29 is 0 Å². The summed E-state index contributed by atoms with van der Waals surface area (Å²) in [7, 11) is 3.65. The fourth-order valence-corrected chi connectivity index (χ4v) is 2.92. The van der Waals surface area contributed by atoms with Gasteiger partial charge < -0.3 is 10.6 Å². The normalized spacial score (nSPS) is 20.3. The summed E-state index contributed by atoms with van der Waals surface area (Å²) in [6.07, 6.45) is 2.72. The van der Waals surface area contributed by atoms with E-state index in [1.165, 1.54) is 37.1 Å². The molecule has 0 amide bonds. The minimum absolute atomic E-state index is 0.800. The number of rotatable bonds is 4. The molecule has 0 bridgehead atoms. The van der Waals surface area contributed by atoms with Crippen molar-refractivity contribution in [2.24, 2.45) is 10.9 Å². The highest BCUT2D eigenvalue weighted by atomic mass is 15.1. The monoisotopic (exact) mass is 288 g/mol. The molecule has 0 aromatic heterocycles. The molecule has 1 fully saturated rings. The van der Waals surface area contributed by atoms with E-state index in [4.69, 9.17) is 0 Å². The second-order valence-corrected chi connectivity index (χ2v) is 5.97. The van der Waals surface area contributed by atoms with Crippen molar-refractivity contribution >= 4 is 5.96 Å². The van der Waals surface area contributed by atoms with Crippen molar-refractivity contribution in [3.63, 3.8) is 0 Å². The zero-order valence-electron chi connectivity index (χ0n) is 13.5. The van der Waals surface area contributed by atoms with Gasteiger partial charge in [0, 0.05) is 33.7 Å². The number of piperidine rings is 1. The molecule has 4 nitrogen and oxygen atoms in total. The Labute approximate surface area is 128 Å². The van der Waals surface area contributed by atoms with Gasteiger partial charge in [-0.3, -0.25) is 9.89 Å². The van der Waals surface area contributed by atoms with E-state index in [0.29, 0.717) is 0 Å². The van der Waals surface area contributed by atoms with Crippen LogP contribution in [0.25, 0.3) is 0 Å². The Kier molecular flexibility index (Phi) is 6.05. The average Bonchev–Trinajstić information content (AvgIpc) is 2.50. The number of aliphatic imine (C=N–C) groups is 1. The zero-order valence-corrected chi connectivity index (χ0v) is 13.5. The van der Waals surface area contributed by atoms with Crippen LogP contribution in [-0.4, -0.2) is 38.0 Å². The van der Waals surface area contributed by atoms with Gasteiger partial charge in [-0.05, 0) is 36.4 Å². The van der Waals surface area contributed by atoms with Gasteiger partial charge in [0.25, 0.3) is 0 Å². The third-order valence-corrected chi connectivity index (χ3v) is 4.09. The summed E-state index contributed by atoms with van der Waals surface area (Å²) in [5, 5.41) is 6.29. The van der Waals surface area contributed by atoms with Crippen LogP contribution in [0, 0.1) is 5.92 Å². The second kappa shape index (κ2) is 8.03. The first-order chi connectivity index (χ1) is 10.2. The lowest BCUT2D eigenvalue weighted by Gasteiger charge is -2.30. The molecule has 0 unspecified atom stereocenters. The molecule has 1 heterocycles. The fraction of sp³-hybridized carbons (Fsp3) is 0.588. The van der Waals surface area contributed by atoms with Gasteiger partial charge >= 0.3 is 0 Å². The quantitative estimate of drug-likeness (QED) is 0.659. The smallest absolute Gasteiger partial charge is 0.190 e. The average molecular weight is 288 g/mol. The highest BCUT2D eigenvalue weighted by Gasteiger charge is 2.15. The summed E-state index contributed by atoms with van der Waals surface area (Å²) in [5.41, 5.74) is 2.69. The summed E-state index contributed by atoms with van der Waals surface area (Å²) in [5.74, 6) is 1.66. The standard InChI is InChI=1S/C17H28N4/c1-14-5-4-10-21(12-14)13-16-8-6-15(7-9-16)11-20-17(18-2)19-3/h6-9,14H,4-5,10-13H2,1-3H3,(H2,18,19,20)/t14-/m0/s1. The SMILES string of the molecule is CN=C(NC)NCc1ccc(CN2CCC[C@H](C)C2)cc1. The summed E-state index contributed by atoms with van der Waals surface area (Å²) in [4.78, 5) is 6.69. The van der Waals surface area contributed by atoms with Crippen molar-refractivity contribution in [1.82, 2.24) is 15.5 Å². The van der Waals surface area contributed by atoms with Gasteiger partial charge in [0.2, 0.25) is 0 Å². The Morgan fingerprint density at radius 2 is 2.00 bits per heavy atom. The maximum absolute atomic E-state index is 4.11. The molecule has 0 radical (unpaired) electrons. The van der Waals surface area contributed by atoms with Crippen molar-refractivity contribution in [3.8, 4) is 0 Å². The molecule has 1 aromatic rings.